The molecule has 7 nitrogen and oxygen atoms in total. The smallest absolute Gasteiger partial charge is 0.282 e. The van der Waals surface area contributed by atoms with Gasteiger partial charge in [0, 0.05) is 25.2 Å². The monoisotopic (exact) mass is 279 g/mol. The van der Waals surface area contributed by atoms with E-state index in [1.165, 1.54) is 25.3 Å². The Kier molecular flexibility index (Phi) is 4.19. The van der Waals surface area contributed by atoms with Gasteiger partial charge in [0.05, 0.1) is 12.0 Å². The zero-order valence-corrected chi connectivity index (χ0v) is 11.2. The first-order valence-corrected chi connectivity index (χ1v) is 6.40. The number of likely N-dealkylation sites (tertiary alicyclic amines) is 1. The lowest BCUT2D eigenvalue weighted by Gasteiger charge is -2.30. The van der Waals surface area contributed by atoms with E-state index in [-0.39, 0.29) is 23.2 Å². The Bertz CT molecular complexity index is 532. The van der Waals surface area contributed by atoms with Crippen molar-refractivity contribution >= 4 is 11.6 Å². The van der Waals surface area contributed by atoms with E-state index >= 15 is 0 Å². The van der Waals surface area contributed by atoms with Crippen LogP contribution in [0.4, 0.5) is 5.69 Å². The molecule has 1 aliphatic heterocycles. The van der Waals surface area contributed by atoms with Crippen LogP contribution in [0.2, 0.25) is 0 Å². The quantitative estimate of drug-likeness (QED) is 0.661. The van der Waals surface area contributed by atoms with Crippen LogP contribution < -0.4 is 10.5 Å². The van der Waals surface area contributed by atoms with Crippen molar-refractivity contribution < 1.29 is 14.5 Å². The summed E-state index contributed by atoms with van der Waals surface area (Å²) in [6, 6.07) is 4.09. The fraction of sp³-hybridized carbons (Fsp3) is 0.462. The van der Waals surface area contributed by atoms with Gasteiger partial charge in [0.25, 0.3) is 11.6 Å². The Balaban J connectivity index is 2.34. The number of nitro benzene ring substituents is 1. The van der Waals surface area contributed by atoms with Crippen LogP contribution in [-0.2, 0) is 0 Å². The van der Waals surface area contributed by atoms with Gasteiger partial charge in [-0.15, -0.1) is 0 Å². The Labute approximate surface area is 116 Å². The highest BCUT2D eigenvalue weighted by molar-refractivity contribution is 5.98. The van der Waals surface area contributed by atoms with E-state index in [0.717, 1.165) is 12.8 Å². The van der Waals surface area contributed by atoms with E-state index in [1.807, 2.05) is 0 Å². The summed E-state index contributed by atoms with van der Waals surface area (Å²) in [4.78, 5) is 24.5. The highest BCUT2D eigenvalue weighted by Gasteiger charge is 2.28. The number of nitro groups is 1. The first-order valence-electron chi connectivity index (χ1n) is 6.40. The van der Waals surface area contributed by atoms with Gasteiger partial charge in [0.1, 0.15) is 11.3 Å². The topological polar surface area (TPSA) is 98.7 Å². The van der Waals surface area contributed by atoms with Gasteiger partial charge in [-0.05, 0) is 25.0 Å². The van der Waals surface area contributed by atoms with Gasteiger partial charge >= 0.3 is 0 Å². The minimum atomic E-state index is -0.559. The number of rotatable bonds is 3. The standard InChI is InChI=1S/C13H17N3O4/c1-20-10-4-5-12(16(18)19)11(7-10)13(17)15-6-2-3-9(14)8-15/h4-5,7,9H,2-3,6,8,14H2,1H3. The number of ether oxygens (including phenoxy) is 1. The molecule has 108 valence electrons. The van der Waals surface area contributed by atoms with Crippen molar-refractivity contribution in [3.8, 4) is 5.75 Å². The normalized spacial score (nSPS) is 18.7. The van der Waals surface area contributed by atoms with Crippen LogP contribution in [-0.4, -0.2) is 42.0 Å². The summed E-state index contributed by atoms with van der Waals surface area (Å²) in [5.41, 5.74) is 5.67. The summed E-state index contributed by atoms with van der Waals surface area (Å²) >= 11 is 0. The number of piperidine rings is 1. The summed E-state index contributed by atoms with van der Waals surface area (Å²) in [6.45, 7) is 0.994. The Morgan fingerprint density at radius 3 is 2.90 bits per heavy atom. The number of nitrogens with two attached hydrogens (primary N) is 1. The Morgan fingerprint density at radius 2 is 2.30 bits per heavy atom. The summed E-state index contributed by atoms with van der Waals surface area (Å²) in [6.07, 6.45) is 1.68. The minimum absolute atomic E-state index is 0.0449. The maximum absolute atomic E-state index is 12.4. The van der Waals surface area contributed by atoms with Crippen molar-refractivity contribution in [3.05, 3.63) is 33.9 Å². The molecule has 1 aromatic carbocycles. The lowest BCUT2D eigenvalue weighted by molar-refractivity contribution is -0.385. The molecule has 2 N–H and O–H groups in total. The molecule has 0 aromatic heterocycles. The third kappa shape index (κ3) is 2.88. The van der Waals surface area contributed by atoms with Gasteiger partial charge in [-0.3, -0.25) is 14.9 Å². The molecule has 0 aliphatic carbocycles. The molecule has 0 spiro atoms. The molecule has 1 atom stereocenters. The SMILES string of the molecule is COc1ccc([N+](=O)[O-])c(C(=O)N2CCCC(N)C2)c1. The predicted octanol–water partition coefficient (Wildman–Crippen LogP) is 1.17. The Morgan fingerprint density at radius 1 is 1.55 bits per heavy atom. The van der Waals surface area contributed by atoms with E-state index in [9.17, 15) is 14.9 Å². The molecule has 0 saturated carbocycles. The van der Waals surface area contributed by atoms with Crippen molar-refractivity contribution in [2.75, 3.05) is 20.2 Å². The summed E-state index contributed by atoms with van der Waals surface area (Å²) in [5.74, 6) is 0.0472. The van der Waals surface area contributed by atoms with Crippen molar-refractivity contribution in [2.24, 2.45) is 5.73 Å². The molecule has 2 rings (SSSR count). The third-order valence-electron chi connectivity index (χ3n) is 3.38. The van der Waals surface area contributed by atoms with Gasteiger partial charge in [-0.25, -0.2) is 0 Å². The summed E-state index contributed by atoms with van der Waals surface area (Å²) in [7, 11) is 1.45. The van der Waals surface area contributed by atoms with E-state index in [4.69, 9.17) is 10.5 Å². The molecule has 1 fully saturated rings. The second-order valence-corrected chi connectivity index (χ2v) is 4.79. The van der Waals surface area contributed by atoms with Crippen LogP contribution in [0.25, 0.3) is 0 Å². The molecule has 0 bridgehead atoms. The first-order chi connectivity index (χ1) is 9.52. The van der Waals surface area contributed by atoms with Crippen molar-refractivity contribution in [3.63, 3.8) is 0 Å². The predicted molar refractivity (Wildman–Crippen MR) is 72.8 cm³/mol. The largest absolute Gasteiger partial charge is 0.497 e. The third-order valence-corrected chi connectivity index (χ3v) is 3.38. The number of hydrogen-bond donors (Lipinski definition) is 1. The fourth-order valence-corrected chi connectivity index (χ4v) is 2.34. The van der Waals surface area contributed by atoms with E-state index in [2.05, 4.69) is 0 Å². The molecule has 1 heterocycles. The molecule has 0 radical (unpaired) electrons. The molecule has 1 aromatic rings. The van der Waals surface area contributed by atoms with E-state index in [0.29, 0.717) is 18.8 Å². The highest BCUT2D eigenvalue weighted by Crippen LogP contribution is 2.26. The number of hydrogen-bond acceptors (Lipinski definition) is 5. The van der Waals surface area contributed by atoms with E-state index in [1.54, 1.807) is 4.90 Å². The van der Waals surface area contributed by atoms with Crippen LogP contribution in [0.5, 0.6) is 5.75 Å². The van der Waals surface area contributed by atoms with Crippen LogP contribution in [0.1, 0.15) is 23.2 Å². The van der Waals surface area contributed by atoms with Crippen LogP contribution in [0.15, 0.2) is 18.2 Å². The van der Waals surface area contributed by atoms with Crippen molar-refractivity contribution in [2.45, 2.75) is 18.9 Å². The second-order valence-electron chi connectivity index (χ2n) is 4.79. The van der Waals surface area contributed by atoms with Gasteiger partial charge in [-0.1, -0.05) is 0 Å². The Hall–Kier alpha value is -2.15. The van der Waals surface area contributed by atoms with Gasteiger partial charge in [0.2, 0.25) is 0 Å². The van der Waals surface area contributed by atoms with Crippen LogP contribution in [0, 0.1) is 10.1 Å². The molecular formula is C13H17N3O4. The number of carbonyl (C=O) groups excluding carboxylic acids is 1. The zero-order valence-electron chi connectivity index (χ0n) is 11.2. The zero-order chi connectivity index (χ0) is 14.7. The number of methoxy groups -OCH3 is 1. The first kappa shape index (κ1) is 14.3. The van der Waals surface area contributed by atoms with Crippen LogP contribution >= 0.6 is 0 Å². The molecule has 1 unspecified atom stereocenters. The summed E-state index contributed by atoms with van der Waals surface area (Å²) < 4.78 is 5.03. The maximum atomic E-state index is 12.4. The second kappa shape index (κ2) is 5.87. The molecular weight excluding hydrogens is 262 g/mol. The van der Waals surface area contributed by atoms with Crippen molar-refractivity contribution in [1.82, 2.24) is 4.90 Å². The lowest BCUT2D eigenvalue weighted by Crippen LogP contribution is -2.45. The number of amides is 1. The fourth-order valence-electron chi connectivity index (χ4n) is 2.34. The lowest BCUT2D eigenvalue weighted by atomic mass is 10.0. The maximum Gasteiger partial charge on any atom is 0.282 e. The molecule has 1 aliphatic rings. The summed E-state index contributed by atoms with van der Waals surface area (Å²) in [5, 5.41) is 11.0. The number of carbonyl (C=O) groups is 1. The van der Waals surface area contributed by atoms with E-state index < -0.39 is 4.92 Å². The highest BCUT2D eigenvalue weighted by atomic mass is 16.6. The average molecular weight is 279 g/mol. The number of nitrogens with zero attached hydrogens (tertiary/aromatic N) is 2. The number of benzene rings is 1. The van der Waals surface area contributed by atoms with Gasteiger partial charge < -0.3 is 15.4 Å². The average Bonchev–Trinajstić information content (AvgIpc) is 2.45. The van der Waals surface area contributed by atoms with Gasteiger partial charge in [-0.2, -0.15) is 0 Å². The van der Waals surface area contributed by atoms with Crippen LogP contribution in [0.3, 0.4) is 0 Å². The molecule has 1 saturated heterocycles. The molecule has 1 amide bonds. The molecule has 20 heavy (non-hydrogen) atoms. The minimum Gasteiger partial charge on any atom is -0.497 e. The molecule has 7 heteroatoms. The van der Waals surface area contributed by atoms with Gasteiger partial charge in [0.15, 0.2) is 0 Å². The van der Waals surface area contributed by atoms with Crippen molar-refractivity contribution in [1.29, 1.82) is 0 Å².